The second-order valence-electron chi connectivity index (χ2n) is 12.3. The smallest absolute Gasteiger partial charge is 0.168 e. The number of imidazole rings is 1. The molecule has 2 aliphatic rings. The van der Waals surface area contributed by atoms with Crippen LogP contribution in [0.25, 0.3) is 22.4 Å². The molecule has 0 N–H and O–H groups in total. The minimum absolute atomic E-state index is 0.105. The van der Waals surface area contributed by atoms with Crippen molar-refractivity contribution in [2.24, 2.45) is 5.41 Å². The van der Waals surface area contributed by atoms with E-state index in [1.54, 1.807) is 0 Å². The third-order valence-electron chi connectivity index (χ3n) is 10.2. The van der Waals surface area contributed by atoms with Crippen LogP contribution in [0.4, 0.5) is 0 Å². The van der Waals surface area contributed by atoms with Crippen LogP contribution < -0.4 is 0 Å². The molecular weight excluding hydrogens is 380 g/mol. The average Bonchev–Trinajstić information content (AvgIpc) is 3.08. The van der Waals surface area contributed by atoms with Gasteiger partial charge in [0.1, 0.15) is 5.82 Å². The molecule has 1 aliphatic carbocycles. The molecule has 5 rings (SSSR count). The van der Waals surface area contributed by atoms with Gasteiger partial charge in [-0.2, -0.15) is 0 Å². The van der Waals surface area contributed by atoms with Crippen LogP contribution in [-0.4, -0.2) is 17.5 Å². The highest BCUT2D eigenvalue weighted by molar-refractivity contribution is 6.80. The van der Waals surface area contributed by atoms with Gasteiger partial charge in [-0.1, -0.05) is 92.7 Å². The summed E-state index contributed by atoms with van der Waals surface area (Å²) in [5.41, 5.74) is 8.64. The van der Waals surface area contributed by atoms with Gasteiger partial charge in [0.25, 0.3) is 0 Å². The Morgan fingerprint density at radius 2 is 1.33 bits per heavy atom. The molecule has 0 amide bonds. The molecule has 1 aliphatic heterocycles. The van der Waals surface area contributed by atoms with Crippen LogP contribution >= 0.6 is 0 Å². The van der Waals surface area contributed by atoms with Crippen LogP contribution in [0, 0.1) is 5.41 Å². The largest absolute Gasteiger partial charge is 0.351 e. The number of benzene rings is 2. The van der Waals surface area contributed by atoms with Gasteiger partial charge in [0.15, 0.2) is 8.24 Å². The predicted molar refractivity (Wildman–Crippen MR) is 131 cm³/mol. The summed E-state index contributed by atoms with van der Waals surface area (Å²) >= 11 is 0. The summed E-state index contributed by atoms with van der Waals surface area (Å²) in [4.78, 5) is 5.29. The Labute approximate surface area is 182 Å². The molecular formula is C27H36N2Si. The minimum Gasteiger partial charge on any atom is -0.351 e. The van der Waals surface area contributed by atoms with E-state index in [-0.39, 0.29) is 21.3 Å². The van der Waals surface area contributed by atoms with Crippen molar-refractivity contribution in [2.75, 3.05) is 0 Å². The lowest BCUT2D eigenvalue weighted by Crippen LogP contribution is -2.56. The van der Waals surface area contributed by atoms with Crippen LogP contribution in [0.5, 0.6) is 0 Å². The molecule has 0 spiro atoms. The third-order valence-corrected chi connectivity index (χ3v) is 15.1. The summed E-state index contributed by atoms with van der Waals surface area (Å²) in [5.74, 6) is 1.18. The molecule has 1 aromatic heterocycles. The highest BCUT2D eigenvalue weighted by Crippen LogP contribution is 2.62. The van der Waals surface area contributed by atoms with Gasteiger partial charge in [0, 0.05) is 10.6 Å². The highest BCUT2D eigenvalue weighted by atomic mass is 28.3. The third kappa shape index (κ3) is 1.94. The molecule has 0 unspecified atom stereocenters. The zero-order chi connectivity index (χ0) is 22.1. The number of hydrogen-bond acceptors (Lipinski definition) is 1. The number of hydrogen-bond donors (Lipinski definition) is 0. The maximum absolute atomic E-state index is 5.29. The zero-order valence-corrected chi connectivity index (χ0v) is 21.4. The Bertz CT molecular complexity index is 1220. The van der Waals surface area contributed by atoms with Crippen LogP contribution in [0.15, 0.2) is 36.4 Å². The Kier molecular flexibility index (Phi) is 3.54. The quantitative estimate of drug-likeness (QED) is 0.355. The normalized spacial score (nSPS) is 23.7. The summed E-state index contributed by atoms with van der Waals surface area (Å²) in [5, 5.41) is 0.136. The van der Waals surface area contributed by atoms with Crippen molar-refractivity contribution >= 4 is 19.3 Å². The average molecular weight is 417 g/mol. The van der Waals surface area contributed by atoms with Gasteiger partial charge in [-0.25, -0.2) is 4.98 Å². The maximum Gasteiger partial charge on any atom is 0.168 e. The lowest BCUT2D eigenvalue weighted by atomic mass is 9.59. The van der Waals surface area contributed by atoms with E-state index in [1.807, 2.05) is 0 Å². The van der Waals surface area contributed by atoms with E-state index >= 15 is 0 Å². The molecule has 30 heavy (non-hydrogen) atoms. The van der Waals surface area contributed by atoms with Crippen LogP contribution in [-0.2, 0) is 15.9 Å². The molecule has 3 aromatic rings. The fourth-order valence-electron chi connectivity index (χ4n) is 6.19. The Hall–Kier alpha value is -1.87. The monoisotopic (exact) mass is 416 g/mol. The Balaban J connectivity index is 1.92. The van der Waals surface area contributed by atoms with Gasteiger partial charge in [-0.3, -0.25) is 0 Å². The van der Waals surface area contributed by atoms with Crippen molar-refractivity contribution < 1.29 is 0 Å². The van der Waals surface area contributed by atoms with Crippen molar-refractivity contribution in [1.29, 1.82) is 0 Å². The van der Waals surface area contributed by atoms with Crippen LogP contribution in [0.1, 0.15) is 72.1 Å². The first-order chi connectivity index (χ1) is 13.7. The Morgan fingerprint density at radius 3 is 1.97 bits per heavy atom. The second kappa shape index (κ2) is 5.30. The molecule has 158 valence electrons. The molecule has 3 heteroatoms. The van der Waals surface area contributed by atoms with Crippen molar-refractivity contribution in [1.82, 2.24) is 9.22 Å². The van der Waals surface area contributed by atoms with E-state index in [4.69, 9.17) is 4.98 Å². The van der Waals surface area contributed by atoms with Gasteiger partial charge < -0.3 is 4.23 Å². The topological polar surface area (TPSA) is 17.8 Å². The second-order valence-corrected chi connectivity index (χ2v) is 17.1. The molecule has 0 saturated heterocycles. The number of nitrogens with zero attached hydrogens (tertiary/aromatic N) is 2. The first-order valence-corrected chi connectivity index (χ1v) is 14.3. The molecule has 0 fully saturated rings. The number of aromatic nitrogens is 2. The lowest BCUT2D eigenvalue weighted by Gasteiger charge is -2.46. The van der Waals surface area contributed by atoms with E-state index in [9.17, 15) is 0 Å². The predicted octanol–water partition coefficient (Wildman–Crippen LogP) is 7.18. The van der Waals surface area contributed by atoms with E-state index in [0.717, 1.165) is 0 Å². The van der Waals surface area contributed by atoms with E-state index < -0.39 is 8.24 Å². The molecule has 2 heterocycles. The molecule has 2 aromatic carbocycles. The van der Waals surface area contributed by atoms with Gasteiger partial charge in [0.05, 0.1) is 11.0 Å². The Morgan fingerprint density at radius 1 is 0.767 bits per heavy atom. The zero-order valence-electron chi connectivity index (χ0n) is 20.4. The van der Waals surface area contributed by atoms with Gasteiger partial charge in [-0.15, -0.1) is 0 Å². The molecule has 0 radical (unpaired) electrons. The maximum atomic E-state index is 5.29. The highest BCUT2D eigenvalue weighted by Gasteiger charge is 2.57. The summed E-state index contributed by atoms with van der Waals surface area (Å²) in [7, 11) is -1.90. The fraction of sp³-hybridized carbons (Fsp3) is 0.519. The SMILES string of the molecule is CC1(C)c2cc3nc4n(c3cc2C(C)(C)C1(C)C)[Si](C)(C)C(C)(C)c1ccccc1-4. The van der Waals surface area contributed by atoms with Crippen molar-refractivity contribution in [3.63, 3.8) is 0 Å². The van der Waals surface area contributed by atoms with Crippen molar-refractivity contribution in [3.05, 3.63) is 53.1 Å². The van der Waals surface area contributed by atoms with E-state index in [1.165, 1.54) is 39.1 Å². The van der Waals surface area contributed by atoms with E-state index in [0.29, 0.717) is 0 Å². The van der Waals surface area contributed by atoms with Crippen LogP contribution in [0.3, 0.4) is 0 Å². The van der Waals surface area contributed by atoms with Gasteiger partial charge in [0.2, 0.25) is 0 Å². The van der Waals surface area contributed by atoms with Crippen molar-refractivity contribution in [3.8, 4) is 11.4 Å². The summed E-state index contributed by atoms with van der Waals surface area (Å²) < 4.78 is 2.67. The first-order valence-electron chi connectivity index (χ1n) is 11.4. The van der Waals surface area contributed by atoms with Gasteiger partial charge in [-0.05, 0) is 45.1 Å². The van der Waals surface area contributed by atoms with Gasteiger partial charge >= 0.3 is 0 Å². The molecule has 0 saturated carbocycles. The summed E-state index contributed by atoms with van der Waals surface area (Å²) in [6.45, 7) is 24.5. The summed E-state index contributed by atoms with van der Waals surface area (Å²) in [6, 6.07) is 13.9. The molecule has 0 bridgehead atoms. The van der Waals surface area contributed by atoms with E-state index in [2.05, 4.69) is 109 Å². The number of rotatable bonds is 0. The standard InChI is InChI=1S/C27H36N2Si/c1-24(2)19-15-21-22(16-20(19)25(3,4)27(24,7)8)29-23(28-21)17-13-11-12-14-18(17)26(5,6)30(29,9)10/h11-16H,1-10H3. The molecule has 0 atom stereocenters. The van der Waals surface area contributed by atoms with Crippen LogP contribution in [0.2, 0.25) is 13.1 Å². The summed E-state index contributed by atoms with van der Waals surface area (Å²) in [6.07, 6.45) is 0. The fourth-order valence-corrected chi connectivity index (χ4v) is 9.11. The molecule has 2 nitrogen and oxygen atoms in total. The van der Waals surface area contributed by atoms with Crippen molar-refractivity contribution in [2.45, 2.75) is 84.4 Å². The first kappa shape index (κ1) is 20.1. The minimum atomic E-state index is -1.90. The lowest BCUT2D eigenvalue weighted by molar-refractivity contribution is 0.125. The number of fused-ring (bicyclic) bond motifs is 6.